The van der Waals surface area contributed by atoms with Gasteiger partial charge in [-0.3, -0.25) is 4.79 Å². The molecule has 0 aliphatic carbocycles. The Morgan fingerprint density at radius 3 is 2.68 bits per heavy atom. The quantitative estimate of drug-likeness (QED) is 0.444. The van der Waals surface area contributed by atoms with Crippen LogP contribution in [0.3, 0.4) is 0 Å². The summed E-state index contributed by atoms with van der Waals surface area (Å²) in [5.74, 6) is 1.61. The van der Waals surface area contributed by atoms with Crippen LogP contribution in [0.15, 0.2) is 60.7 Å². The predicted molar refractivity (Wildman–Crippen MR) is 116 cm³/mol. The van der Waals surface area contributed by atoms with Gasteiger partial charge in [0.25, 0.3) is 0 Å². The number of carbonyl (C=O) groups excluding carboxylic acids is 1. The fraction of sp³-hybridized carbons (Fsp3) is 0.217. The Morgan fingerprint density at radius 2 is 1.84 bits per heavy atom. The van der Waals surface area contributed by atoms with Gasteiger partial charge in [-0.05, 0) is 36.2 Å². The van der Waals surface area contributed by atoms with Gasteiger partial charge in [-0.2, -0.15) is 4.52 Å². The van der Waals surface area contributed by atoms with E-state index in [9.17, 15) is 4.79 Å². The maximum Gasteiger partial charge on any atom is 0.231 e. The maximum atomic E-state index is 12.2. The number of hydrogen-bond donors (Lipinski definition) is 1. The summed E-state index contributed by atoms with van der Waals surface area (Å²) in [6, 6.07) is 18.9. The second-order valence-corrected chi connectivity index (χ2v) is 6.97. The monoisotopic (exact) mass is 417 g/mol. The Hall–Kier alpha value is -3.94. The van der Waals surface area contributed by atoms with E-state index < -0.39 is 0 Å². The molecule has 31 heavy (non-hydrogen) atoms. The van der Waals surface area contributed by atoms with Crippen molar-refractivity contribution in [3.05, 3.63) is 71.8 Å². The average molecular weight is 417 g/mol. The smallest absolute Gasteiger partial charge is 0.231 e. The molecule has 0 aliphatic rings. The van der Waals surface area contributed by atoms with Crippen molar-refractivity contribution in [2.45, 2.75) is 13.3 Å². The largest absolute Gasteiger partial charge is 0.496 e. The van der Waals surface area contributed by atoms with Crippen LogP contribution in [0.2, 0.25) is 0 Å². The number of ether oxygens (including phenoxy) is 2. The lowest BCUT2D eigenvalue weighted by Gasteiger charge is -2.09. The molecule has 0 unspecified atom stereocenters. The Morgan fingerprint density at radius 1 is 1.03 bits per heavy atom. The highest BCUT2D eigenvalue weighted by molar-refractivity contribution is 5.78. The van der Waals surface area contributed by atoms with E-state index in [0.717, 1.165) is 16.7 Å². The zero-order valence-corrected chi connectivity index (χ0v) is 17.4. The van der Waals surface area contributed by atoms with Crippen LogP contribution in [0, 0.1) is 6.92 Å². The minimum Gasteiger partial charge on any atom is -0.496 e. The molecule has 1 amide bonds. The van der Waals surface area contributed by atoms with E-state index in [1.807, 2.05) is 55.5 Å². The molecule has 0 radical (unpaired) electrons. The summed E-state index contributed by atoms with van der Waals surface area (Å²) in [5, 5.41) is 15.8. The Kier molecular flexibility index (Phi) is 6.07. The maximum absolute atomic E-state index is 12.2. The SMILES string of the molecule is COc1ccccc1-c1nnc2ccc(OCCNC(=O)Cc3ccccc3C)nn12. The van der Waals surface area contributed by atoms with Crippen LogP contribution in [-0.2, 0) is 11.2 Å². The number of nitrogens with one attached hydrogen (secondary N) is 1. The highest BCUT2D eigenvalue weighted by Crippen LogP contribution is 2.28. The molecule has 0 aliphatic heterocycles. The van der Waals surface area contributed by atoms with Gasteiger partial charge < -0.3 is 14.8 Å². The van der Waals surface area contributed by atoms with Gasteiger partial charge in [0.15, 0.2) is 11.5 Å². The number of nitrogens with zero attached hydrogens (tertiary/aromatic N) is 4. The van der Waals surface area contributed by atoms with Crippen molar-refractivity contribution in [3.8, 4) is 23.0 Å². The number of amides is 1. The first-order valence-electron chi connectivity index (χ1n) is 9.95. The minimum absolute atomic E-state index is 0.0430. The summed E-state index contributed by atoms with van der Waals surface area (Å²) >= 11 is 0. The van der Waals surface area contributed by atoms with Gasteiger partial charge in [-0.1, -0.05) is 36.4 Å². The summed E-state index contributed by atoms with van der Waals surface area (Å²) in [4.78, 5) is 12.2. The summed E-state index contributed by atoms with van der Waals surface area (Å²) in [5.41, 5.74) is 3.50. The van der Waals surface area contributed by atoms with Gasteiger partial charge in [0.05, 0.1) is 25.6 Å². The van der Waals surface area contributed by atoms with Crippen molar-refractivity contribution in [1.82, 2.24) is 25.1 Å². The van der Waals surface area contributed by atoms with Crippen molar-refractivity contribution in [1.29, 1.82) is 0 Å². The highest BCUT2D eigenvalue weighted by Gasteiger charge is 2.14. The third-order valence-electron chi connectivity index (χ3n) is 4.87. The van der Waals surface area contributed by atoms with Gasteiger partial charge in [0, 0.05) is 6.07 Å². The third-order valence-corrected chi connectivity index (χ3v) is 4.87. The zero-order chi connectivity index (χ0) is 21.6. The van der Waals surface area contributed by atoms with E-state index in [2.05, 4.69) is 20.6 Å². The summed E-state index contributed by atoms with van der Waals surface area (Å²) in [7, 11) is 1.61. The van der Waals surface area contributed by atoms with E-state index in [1.165, 1.54) is 0 Å². The van der Waals surface area contributed by atoms with Crippen molar-refractivity contribution in [2.24, 2.45) is 0 Å². The summed E-state index contributed by atoms with van der Waals surface area (Å²) in [6.07, 6.45) is 0.347. The molecule has 4 aromatic rings. The van der Waals surface area contributed by atoms with Crippen LogP contribution in [0.25, 0.3) is 17.0 Å². The number of benzene rings is 2. The number of fused-ring (bicyclic) bond motifs is 1. The molecule has 0 atom stereocenters. The first-order chi connectivity index (χ1) is 15.2. The molecule has 2 heterocycles. The molecule has 158 valence electrons. The van der Waals surface area contributed by atoms with Crippen molar-refractivity contribution in [2.75, 3.05) is 20.3 Å². The number of rotatable bonds is 8. The lowest BCUT2D eigenvalue weighted by molar-refractivity contribution is -0.120. The number of hydrogen-bond acceptors (Lipinski definition) is 6. The molecule has 0 saturated carbocycles. The van der Waals surface area contributed by atoms with Crippen LogP contribution >= 0.6 is 0 Å². The molecule has 4 rings (SSSR count). The van der Waals surface area contributed by atoms with E-state index in [1.54, 1.807) is 23.8 Å². The Labute approximate surface area is 179 Å². The first kappa shape index (κ1) is 20.3. The van der Waals surface area contributed by atoms with Gasteiger partial charge in [0.1, 0.15) is 12.4 Å². The number of methoxy groups -OCH3 is 1. The molecule has 2 aromatic heterocycles. The van der Waals surface area contributed by atoms with Gasteiger partial charge in [0.2, 0.25) is 11.8 Å². The van der Waals surface area contributed by atoms with Gasteiger partial charge in [-0.15, -0.1) is 15.3 Å². The third kappa shape index (κ3) is 4.63. The molecular formula is C23H23N5O3. The molecule has 1 N–H and O–H groups in total. The van der Waals surface area contributed by atoms with Crippen molar-refractivity contribution >= 4 is 11.6 Å². The lowest BCUT2D eigenvalue weighted by atomic mass is 10.1. The van der Waals surface area contributed by atoms with E-state index >= 15 is 0 Å². The van der Waals surface area contributed by atoms with Crippen LogP contribution in [0.5, 0.6) is 11.6 Å². The van der Waals surface area contributed by atoms with Crippen molar-refractivity contribution < 1.29 is 14.3 Å². The zero-order valence-electron chi connectivity index (χ0n) is 17.4. The van der Waals surface area contributed by atoms with E-state index in [4.69, 9.17) is 9.47 Å². The number of aryl methyl sites for hydroxylation is 1. The second kappa shape index (κ2) is 9.25. The second-order valence-electron chi connectivity index (χ2n) is 6.97. The summed E-state index contributed by atoms with van der Waals surface area (Å²) in [6.45, 7) is 2.67. The molecule has 0 fully saturated rings. The van der Waals surface area contributed by atoms with Gasteiger partial charge >= 0.3 is 0 Å². The minimum atomic E-state index is -0.0430. The number of para-hydroxylation sites is 1. The number of aromatic nitrogens is 4. The van der Waals surface area contributed by atoms with E-state index in [0.29, 0.717) is 42.7 Å². The predicted octanol–water partition coefficient (Wildman–Crippen LogP) is 2.85. The first-order valence-corrected chi connectivity index (χ1v) is 9.95. The van der Waals surface area contributed by atoms with E-state index in [-0.39, 0.29) is 5.91 Å². The van der Waals surface area contributed by atoms with Crippen LogP contribution in [0.1, 0.15) is 11.1 Å². The molecule has 8 heteroatoms. The van der Waals surface area contributed by atoms with Crippen LogP contribution in [-0.4, -0.2) is 46.0 Å². The van der Waals surface area contributed by atoms with Gasteiger partial charge in [-0.25, -0.2) is 0 Å². The average Bonchev–Trinajstić information content (AvgIpc) is 3.21. The standard InChI is InChI=1S/C23H23N5O3/c1-16-7-3-4-8-17(16)15-21(29)24-13-14-31-22-12-11-20-25-26-23(28(20)27-22)18-9-5-6-10-19(18)30-2/h3-12H,13-15H2,1-2H3,(H,24,29). The normalized spacial score (nSPS) is 10.8. The lowest BCUT2D eigenvalue weighted by Crippen LogP contribution is -2.29. The fourth-order valence-electron chi connectivity index (χ4n) is 3.24. The fourth-order valence-corrected chi connectivity index (χ4v) is 3.24. The molecule has 0 bridgehead atoms. The Bertz CT molecular complexity index is 1200. The summed E-state index contributed by atoms with van der Waals surface area (Å²) < 4.78 is 12.8. The Balaban J connectivity index is 1.38. The molecular weight excluding hydrogens is 394 g/mol. The molecule has 0 saturated heterocycles. The number of carbonyl (C=O) groups is 1. The highest BCUT2D eigenvalue weighted by atomic mass is 16.5. The van der Waals surface area contributed by atoms with Crippen LogP contribution < -0.4 is 14.8 Å². The molecule has 8 nitrogen and oxygen atoms in total. The van der Waals surface area contributed by atoms with Crippen LogP contribution in [0.4, 0.5) is 0 Å². The van der Waals surface area contributed by atoms with Crippen molar-refractivity contribution in [3.63, 3.8) is 0 Å². The molecule has 2 aromatic carbocycles. The topological polar surface area (TPSA) is 90.6 Å². The molecule has 0 spiro atoms.